The summed E-state index contributed by atoms with van der Waals surface area (Å²) in [5, 5.41) is 3.37. The summed E-state index contributed by atoms with van der Waals surface area (Å²) in [5.74, 6) is 0. The lowest BCUT2D eigenvalue weighted by Crippen LogP contribution is -2.42. The molecule has 112 valence electrons. The van der Waals surface area contributed by atoms with Crippen molar-refractivity contribution < 1.29 is 13.2 Å². The third-order valence-corrected chi connectivity index (χ3v) is 3.88. The van der Waals surface area contributed by atoms with Crippen LogP contribution < -0.4 is 5.32 Å². The summed E-state index contributed by atoms with van der Waals surface area (Å²) < 4.78 is 37.9. The van der Waals surface area contributed by atoms with E-state index in [0.29, 0.717) is 18.2 Å². The zero-order valence-corrected chi connectivity index (χ0v) is 11.7. The highest BCUT2D eigenvalue weighted by atomic mass is 19.4. The third-order valence-electron chi connectivity index (χ3n) is 3.88. The van der Waals surface area contributed by atoms with Gasteiger partial charge in [0.2, 0.25) is 0 Å². The van der Waals surface area contributed by atoms with E-state index in [1.165, 1.54) is 12.1 Å². The fraction of sp³-hybridized carbons (Fsp3) is 0.600. The Bertz CT molecular complexity index is 423. The number of nitrogens with zero attached hydrogens (tertiary/aromatic N) is 1. The Hall–Kier alpha value is -1.07. The average molecular weight is 286 g/mol. The van der Waals surface area contributed by atoms with Crippen LogP contribution in [0.2, 0.25) is 0 Å². The Morgan fingerprint density at radius 1 is 1.25 bits per heavy atom. The molecule has 0 aliphatic carbocycles. The van der Waals surface area contributed by atoms with Crippen molar-refractivity contribution in [1.29, 1.82) is 0 Å². The molecule has 1 saturated heterocycles. The van der Waals surface area contributed by atoms with E-state index in [0.717, 1.165) is 38.5 Å². The van der Waals surface area contributed by atoms with Crippen molar-refractivity contribution in [3.63, 3.8) is 0 Å². The number of likely N-dealkylation sites (tertiary alicyclic amines) is 1. The molecule has 0 unspecified atom stereocenters. The van der Waals surface area contributed by atoms with Crippen molar-refractivity contribution in [2.24, 2.45) is 0 Å². The van der Waals surface area contributed by atoms with E-state index in [1.54, 1.807) is 6.07 Å². The summed E-state index contributed by atoms with van der Waals surface area (Å²) in [5.41, 5.74) is 0.121. The Balaban J connectivity index is 1.85. The second-order valence-corrected chi connectivity index (χ2v) is 5.29. The van der Waals surface area contributed by atoms with Crippen molar-refractivity contribution in [2.45, 2.75) is 38.5 Å². The zero-order chi connectivity index (χ0) is 14.6. The molecule has 2 nitrogen and oxygen atoms in total. The second-order valence-electron chi connectivity index (χ2n) is 5.29. The maximum Gasteiger partial charge on any atom is 0.416 e. The van der Waals surface area contributed by atoms with Gasteiger partial charge in [0.15, 0.2) is 0 Å². The van der Waals surface area contributed by atoms with Gasteiger partial charge >= 0.3 is 6.18 Å². The van der Waals surface area contributed by atoms with Gasteiger partial charge in [-0.05, 0) is 44.1 Å². The van der Waals surface area contributed by atoms with Gasteiger partial charge in [-0.3, -0.25) is 0 Å². The van der Waals surface area contributed by atoms with Gasteiger partial charge in [-0.2, -0.15) is 13.2 Å². The smallest absolute Gasteiger partial charge is 0.310 e. The summed E-state index contributed by atoms with van der Waals surface area (Å²) in [7, 11) is 0. The average Bonchev–Trinajstić information content (AvgIpc) is 2.45. The molecule has 0 saturated carbocycles. The van der Waals surface area contributed by atoms with Gasteiger partial charge in [-0.15, -0.1) is 0 Å². The summed E-state index contributed by atoms with van der Waals surface area (Å²) in [6.07, 6.45) is -2.14. The van der Waals surface area contributed by atoms with Crippen molar-refractivity contribution in [3.8, 4) is 0 Å². The molecule has 0 amide bonds. The molecule has 1 aliphatic rings. The van der Waals surface area contributed by atoms with Crippen LogP contribution in [0.4, 0.5) is 13.2 Å². The van der Waals surface area contributed by atoms with Gasteiger partial charge in [0.25, 0.3) is 0 Å². The fourth-order valence-corrected chi connectivity index (χ4v) is 2.57. The van der Waals surface area contributed by atoms with Crippen LogP contribution in [0.15, 0.2) is 24.3 Å². The van der Waals surface area contributed by atoms with Crippen LogP contribution in [0.25, 0.3) is 0 Å². The lowest BCUT2D eigenvalue weighted by atomic mass is 10.0. The molecule has 1 aromatic rings. The van der Waals surface area contributed by atoms with E-state index < -0.39 is 11.7 Å². The van der Waals surface area contributed by atoms with Crippen LogP contribution in [-0.4, -0.2) is 30.6 Å². The minimum absolute atomic E-state index is 0.410. The predicted octanol–water partition coefficient (Wildman–Crippen LogP) is 3.28. The molecule has 0 radical (unpaired) electrons. The molecule has 20 heavy (non-hydrogen) atoms. The first-order valence-electron chi connectivity index (χ1n) is 7.11. The van der Waals surface area contributed by atoms with E-state index in [1.807, 2.05) is 0 Å². The van der Waals surface area contributed by atoms with Crippen LogP contribution in [0.5, 0.6) is 0 Å². The number of hydrogen-bond acceptors (Lipinski definition) is 2. The summed E-state index contributed by atoms with van der Waals surface area (Å²) in [4.78, 5) is 2.39. The second kappa shape index (κ2) is 6.59. The molecule has 1 heterocycles. The number of alkyl halides is 3. The van der Waals surface area contributed by atoms with Crippen molar-refractivity contribution in [1.82, 2.24) is 10.2 Å². The molecule has 1 aliphatic heterocycles. The Labute approximate surface area is 118 Å². The highest BCUT2D eigenvalue weighted by Gasteiger charge is 2.30. The minimum atomic E-state index is -4.26. The summed E-state index contributed by atoms with van der Waals surface area (Å²) in [6.45, 7) is 5.85. The molecule has 1 fully saturated rings. The molecule has 0 spiro atoms. The first-order valence-corrected chi connectivity index (χ1v) is 7.11. The van der Waals surface area contributed by atoms with E-state index in [2.05, 4.69) is 17.1 Å². The SMILES string of the molecule is CCN1CCC(NCc2cccc(C(F)(F)F)c2)CC1. The Kier molecular flexibility index (Phi) is 5.05. The number of nitrogens with one attached hydrogen (secondary N) is 1. The van der Waals surface area contributed by atoms with Gasteiger partial charge in [0.05, 0.1) is 5.56 Å². The van der Waals surface area contributed by atoms with Crippen LogP contribution in [0, 0.1) is 0 Å². The molecule has 5 heteroatoms. The topological polar surface area (TPSA) is 15.3 Å². The maximum absolute atomic E-state index is 12.6. The van der Waals surface area contributed by atoms with Gasteiger partial charge in [0, 0.05) is 12.6 Å². The molecule has 2 rings (SSSR count). The lowest BCUT2D eigenvalue weighted by Gasteiger charge is -2.31. The van der Waals surface area contributed by atoms with Crippen LogP contribution in [-0.2, 0) is 12.7 Å². The summed E-state index contributed by atoms with van der Waals surface area (Å²) in [6, 6.07) is 5.97. The van der Waals surface area contributed by atoms with E-state index >= 15 is 0 Å². The number of rotatable bonds is 4. The standard InChI is InChI=1S/C15H21F3N2/c1-2-20-8-6-14(7-9-20)19-11-12-4-3-5-13(10-12)15(16,17)18/h3-5,10,14,19H,2,6-9,11H2,1H3. The van der Waals surface area contributed by atoms with Crippen LogP contribution in [0.1, 0.15) is 30.9 Å². The van der Waals surface area contributed by atoms with Gasteiger partial charge in [-0.25, -0.2) is 0 Å². The van der Waals surface area contributed by atoms with E-state index in [4.69, 9.17) is 0 Å². The zero-order valence-electron chi connectivity index (χ0n) is 11.7. The largest absolute Gasteiger partial charge is 0.416 e. The first kappa shape index (κ1) is 15.3. The van der Waals surface area contributed by atoms with Gasteiger partial charge in [-0.1, -0.05) is 25.1 Å². The number of halogens is 3. The molecular weight excluding hydrogens is 265 g/mol. The molecule has 0 atom stereocenters. The molecular formula is C15H21F3N2. The van der Waals surface area contributed by atoms with E-state index in [-0.39, 0.29) is 0 Å². The maximum atomic E-state index is 12.6. The quantitative estimate of drug-likeness (QED) is 0.914. The normalized spacial score (nSPS) is 18.4. The predicted molar refractivity (Wildman–Crippen MR) is 73.4 cm³/mol. The molecule has 1 aromatic carbocycles. The Morgan fingerprint density at radius 2 is 1.95 bits per heavy atom. The first-order chi connectivity index (χ1) is 9.49. The minimum Gasteiger partial charge on any atom is -0.310 e. The highest BCUT2D eigenvalue weighted by Crippen LogP contribution is 2.29. The van der Waals surface area contributed by atoms with Gasteiger partial charge in [0.1, 0.15) is 0 Å². The summed E-state index contributed by atoms with van der Waals surface area (Å²) >= 11 is 0. The molecule has 1 N–H and O–H groups in total. The molecule has 0 bridgehead atoms. The molecule has 0 aromatic heterocycles. The van der Waals surface area contributed by atoms with Crippen molar-refractivity contribution in [2.75, 3.05) is 19.6 Å². The van der Waals surface area contributed by atoms with Gasteiger partial charge < -0.3 is 10.2 Å². The van der Waals surface area contributed by atoms with E-state index in [9.17, 15) is 13.2 Å². The highest BCUT2D eigenvalue weighted by molar-refractivity contribution is 5.25. The number of piperidine rings is 1. The third kappa shape index (κ3) is 4.21. The fourth-order valence-electron chi connectivity index (χ4n) is 2.57. The van der Waals surface area contributed by atoms with Crippen LogP contribution in [0.3, 0.4) is 0 Å². The Morgan fingerprint density at radius 3 is 2.55 bits per heavy atom. The van der Waals surface area contributed by atoms with Crippen molar-refractivity contribution >= 4 is 0 Å². The lowest BCUT2D eigenvalue weighted by molar-refractivity contribution is -0.137. The number of benzene rings is 1. The van der Waals surface area contributed by atoms with Crippen LogP contribution >= 0.6 is 0 Å². The van der Waals surface area contributed by atoms with Crippen molar-refractivity contribution in [3.05, 3.63) is 35.4 Å². The number of hydrogen-bond donors (Lipinski definition) is 1. The monoisotopic (exact) mass is 286 g/mol.